The lowest BCUT2D eigenvalue weighted by atomic mass is 10.3. The Kier molecular flexibility index (Phi) is 11.7. The van der Waals surface area contributed by atoms with Gasteiger partial charge in [0.25, 0.3) is 0 Å². The zero-order valence-corrected chi connectivity index (χ0v) is 11.4. The largest absolute Gasteiger partial charge is 0.446 e. The SMILES string of the molecule is CC(C)NC(C)C.CCC(=O)OC(C)Cl. The molecule has 15 heavy (non-hydrogen) atoms. The predicted molar refractivity (Wildman–Crippen MR) is 65.1 cm³/mol. The summed E-state index contributed by atoms with van der Waals surface area (Å²) in [6.45, 7) is 11.9. The van der Waals surface area contributed by atoms with Crippen molar-refractivity contribution in [3.8, 4) is 0 Å². The average molecular weight is 238 g/mol. The number of carbonyl (C=O) groups excluding carboxylic acids is 1. The minimum Gasteiger partial charge on any atom is -0.446 e. The molecule has 0 fully saturated rings. The molecule has 3 nitrogen and oxygen atoms in total. The van der Waals surface area contributed by atoms with Crippen LogP contribution in [-0.4, -0.2) is 23.6 Å². The molecule has 0 rings (SSSR count). The molecular formula is C11H24ClNO2. The molecule has 0 bridgehead atoms. The molecule has 0 aromatic carbocycles. The second kappa shape index (κ2) is 10.2. The number of hydrogen-bond donors (Lipinski definition) is 1. The van der Waals surface area contributed by atoms with Crippen LogP contribution in [0.25, 0.3) is 0 Å². The molecule has 0 spiro atoms. The highest BCUT2D eigenvalue weighted by molar-refractivity contribution is 6.19. The van der Waals surface area contributed by atoms with Gasteiger partial charge in [-0.25, -0.2) is 0 Å². The second-order valence-corrected chi connectivity index (χ2v) is 4.48. The topological polar surface area (TPSA) is 38.3 Å². The molecule has 92 valence electrons. The standard InChI is InChI=1S/C6H15N.C5H9ClO2/c1-5(2)7-6(3)4;1-3-5(7)8-4(2)6/h5-7H,1-4H3;4H,3H2,1-2H3. The number of alkyl halides is 1. The van der Waals surface area contributed by atoms with Crippen molar-refractivity contribution in [2.24, 2.45) is 0 Å². The van der Waals surface area contributed by atoms with Crippen LogP contribution in [0.1, 0.15) is 48.0 Å². The minimum atomic E-state index is -0.498. The minimum absolute atomic E-state index is 0.257. The number of halogens is 1. The Bertz CT molecular complexity index is 153. The van der Waals surface area contributed by atoms with E-state index in [9.17, 15) is 4.79 Å². The van der Waals surface area contributed by atoms with Gasteiger partial charge in [-0.3, -0.25) is 4.79 Å². The monoisotopic (exact) mass is 237 g/mol. The number of hydrogen-bond acceptors (Lipinski definition) is 3. The van der Waals surface area contributed by atoms with Gasteiger partial charge in [0.15, 0.2) is 5.56 Å². The molecule has 0 radical (unpaired) electrons. The van der Waals surface area contributed by atoms with E-state index >= 15 is 0 Å². The second-order valence-electron chi connectivity index (χ2n) is 3.86. The smallest absolute Gasteiger partial charge is 0.306 e. The molecule has 1 atom stereocenters. The van der Waals surface area contributed by atoms with Crippen molar-refractivity contribution in [3.63, 3.8) is 0 Å². The van der Waals surface area contributed by atoms with Gasteiger partial charge >= 0.3 is 5.97 Å². The van der Waals surface area contributed by atoms with Gasteiger partial charge in [-0.1, -0.05) is 46.2 Å². The van der Waals surface area contributed by atoms with Crippen LogP contribution in [0.2, 0.25) is 0 Å². The molecule has 0 amide bonds. The van der Waals surface area contributed by atoms with Crippen LogP contribution in [0.3, 0.4) is 0 Å². The first-order chi connectivity index (χ1) is 6.79. The average Bonchev–Trinajstić information content (AvgIpc) is 2.01. The summed E-state index contributed by atoms with van der Waals surface area (Å²) in [4.78, 5) is 10.3. The zero-order valence-electron chi connectivity index (χ0n) is 10.6. The van der Waals surface area contributed by atoms with Crippen molar-refractivity contribution < 1.29 is 9.53 Å². The highest BCUT2D eigenvalue weighted by atomic mass is 35.5. The fourth-order valence-electron chi connectivity index (χ4n) is 0.931. The maximum absolute atomic E-state index is 10.3. The zero-order chi connectivity index (χ0) is 12.4. The van der Waals surface area contributed by atoms with Crippen molar-refractivity contribution in [1.82, 2.24) is 5.32 Å². The van der Waals surface area contributed by atoms with Gasteiger partial charge in [-0.05, 0) is 6.92 Å². The quantitative estimate of drug-likeness (QED) is 0.604. The predicted octanol–water partition coefficient (Wildman–Crippen LogP) is 2.92. The van der Waals surface area contributed by atoms with Gasteiger partial charge in [-0.15, -0.1) is 0 Å². The van der Waals surface area contributed by atoms with Crippen LogP contribution in [-0.2, 0) is 9.53 Å². The van der Waals surface area contributed by atoms with E-state index in [-0.39, 0.29) is 5.97 Å². The lowest BCUT2D eigenvalue weighted by molar-refractivity contribution is -0.144. The first-order valence-electron chi connectivity index (χ1n) is 5.39. The van der Waals surface area contributed by atoms with E-state index in [0.29, 0.717) is 18.5 Å². The summed E-state index contributed by atoms with van der Waals surface area (Å²) in [5.74, 6) is -0.257. The highest BCUT2D eigenvalue weighted by Gasteiger charge is 2.00. The fourth-order valence-corrected chi connectivity index (χ4v) is 1.03. The molecule has 0 aromatic heterocycles. The van der Waals surface area contributed by atoms with Gasteiger partial charge < -0.3 is 10.1 Å². The van der Waals surface area contributed by atoms with Gasteiger partial charge in [0.1, 0.15) is 0 Å². The normalized spacial score (nSPS) is 12.1. The molecule has 0 saturated carbocycles. The van der Waals surface area contributed by atoms with Crippen LogP contribution >= 0.6 is 11.6 Å². The van der Waals surface area contributed by atoms with Crippen LogP contribution in [0.15, 0.2) is 0 Å². The first-order valence-corrected chi connectivity index (χ1v) is 5.82. The molecule has 1 unspecified atom stereocenters. The Balaban J connectivity index is 0. The van der Waals surface area contributed by atoms with E-state index in [2.05, 4.69) is 37.7 Å². The maximum Gasteiger partial charge on any atom is 0.306 e. The maximum atomic E-state index is 10.3. The molecule has 4 heteroatoms. The van der Waals surface area contributed by atoms with Crippen LogP contribution in [0.5, 0.6) is 0 Å². The van der Waals surface area contributed by atoms with Crippen molar-refractivity contribution in [2.45, 2.75) is 65.6 Å². The summed E-state index contributed by atoms with van der Waals surface area (Å²) < 4.78 is 4.53. The van der Waals surface area contributed by atoms with E-state index in [4.69, 9.17) is 11.6 Å². The number of ether oxygens (including phenoxy) is 1. The molecule has 0 saturated heterocycles. The summed E-state index contributed by atoms with van der Waals surface area (Å²) in [5, 5.41) is 3.31. The molecule has 0 aliphatic heterocycles. The van der Waals surface area contributed by atoms with Crippen molar-refractivity contribution in [3.05, 3.63) is 0 Å². The summed E-state index contributed by atoms with van der Waals surface area (Å²) >= 11 is 5.31. The molecule has 0 aliphatic carbocycles. The van der Waals surface area contributed by atoms with Crippen LogP contribution < -0.4 is 5.32 Å². The van der Waals surface area contributed by atoms with Gasteiger partial charge in [0, 0.05) is 18.5 Å². The number of nitrogens with one attached hydrogen (secondary N) is 1. The lowest BCUT2D eigenvalue weighted by Gasteiger charge is -2.10. The van der Waals surface area contributed by atoms with Crippen molar-refractivity contribution in [1.29, 1.82) is 0 Å². The summed E-state index contributed by atoms with van der Waals surface area (Å²) in [6.07, 6.45) is 0.386. The number of carbonyl (C=O) groups is 1. The summed E-state index contributed by atoms with van der Waals surface area (Å²) in [5.41, 5.74) is -0.498. The van der Waals surface area contributed by atoms with Gasteiger partial charge in [0.2, 0.25) is 0 Å². The Morgan fingerprint density at radius 2 is 1.60 bits per heavy atom. The van der Waals surface area contributed by atoms with Gasteiger partial charge in [0.05, 0.1) is 0 Å². The number of esters is 1. The van der Waals surface area contributed by atoms with E-state index in [1.54, 1.807) is 13.8 Å². The Hall–Kier alpha value is -0.280. The Labute approximate surface area is 98.5 Å². The third-order valence-electron chi connectivity index (χ3n) is 1.25. The van der Waals surface area contributed by atoms with E-state index < -0.39 is 5.56 Å². The fraction of sp³-hybridized carbons (Fsp3) is 0.909. The third-order valence-corrected chi connectivity index (χ3v) is 1.34. The highest BCUT2D eigenvalue weighted by Crippen LogP contribution is 1.97. The Morgan fingerprint density at radius 1 is 1.20 bits per heavy atom. The van der Waals surface area contributed by atoms with E-state index in [1.165, 1.54) is 0 Å². The molecule has 1 N–H and O–H groups in total. The molecule has 0 aliphatic rings. The van der Waals surface area contributed by atoms with E-state index in [0.717, 1.165) is 0 Å². The summed E-state index contributed by atoms with van der Waals surface area (Å²) in [6, 6.07) is 1.25. The Morgan fingerprint density at radius 3 is 1.67 bits per heavy atom. The van der Waals surface area contributed by atoms with Crippen molar-refractivity contribution >= 4 is 17.6 Å². The van der Waals surface area contributed by atoms with E-state index in [1.807, 2.05) is 0 Å². The van der Waals surface area contributed by atoms with Gasteiger partial charge in [-0.2, -0.15) is 0 Å². The third kappa shape index (κ3) is 19.9. The van der Waals surface area contributed by atoms with Crippen LogP contribution in [0.4, 0.5) is 0 Å². The molecule has 0 aromatic rings. The number of rotatable bonds is 4. The lowest BCUT2D eigenvalue weighted by Crippen LogP contribution is -2.29. The molecular weight excluding hydrogens is 214 g/mol. The first kappa shape index (κ1) is 17.1. The summed E-state index contributed by atoms with van der Waals surface area (Å²) in [7, 11) is 0. The van der Waals surface area contributed by atoms with Crippen LogP contribution in [0, 0.1) is 0 Å². The molecule has 0 heterocycles. The van der Waals surface area contributed by atoms with Crippen molar-refractivity contribution in [2.75, 3.05) is 0 Å².